The zero-order valence-electron chi connectivity index (χ0n) is 8.77. The maximum Gasteiger partial charge on any atom is 0.0991 e. The van der Waals surface area contributed by atoms with Gasteiger partial charge in [0.05, 0.1) is 17.4 Å². The van der Waals surface area contributed by atoms with Gasteiger partial charge in [-0.1, -0.05) is 5.21 Å². The van der Waals surface area contributed by atoms with Crippen molar-refractivity contribution < 1.29 is 5.11 Å². The van der Waals surface area contributed by atoms with Crippen LogP contribution >= 0.6 is 0 Å². The Labute approximate surface area is 83.9 Å². The molecule has 80 valence electrons. The molecule has 5 heteroatoms. The maximum atomic E-state index is 8.72. The maximum absolute atomic E-state index is 8.72. The first-order valence-electron chi connectivity index (χ1n) is 4.92. The molecular weight excluding hydrogens is 180 g/mol. The smallest absolute Gasteiger partial charge is 0.0991 e. The van der Waals surface area contributed by atoms with E-state index in [9.17, 15) is 0 Å². The van der Waals surface area contributed by atoms with Gasteiger partial charge >= 0.3 is 0 Å². The molecule has 1 atom stereocenters. The predicted octanol–water partition coefficient (Wildman–Crippen LogP) is 0.379. The summed E-state index contributed by atoms with van der Waals surface area (Å²) in [5, 5.41) is 16.8. The average Bonchev–Trinajstić information content (AvgIpc) is 2.56. The van der Waals surface area contributed by atoms with Crippen LogP contribution in [0.25, 0.3) is 0 Å². The van der Waals surface area contributed by atoms with Crippen molar-refractivity contribution in [3.63, 3.8) is 0 Å². The van der Waals surface area contributed by atoms with E-state index in [4.69, 9.17) is 10.8 Å². The quantitative estimate of drug-likeness (QED) is 0.717. The highest BCUT2D eigenvalue weighted by molar-refractivity contribution is 5.07. The first kappa shape index (κ1) is 11.1. The highest BCUT2D eigenvalue weighted by Crippen LogP contribution is 2.15. The van der Waals surface area contributed by atoms with Crippen LogP contribution in [0.5, 0.6) is 0 Å². The summed E-state index contributed by atoms with van der Waals surface area (Å²) in [7, 11) is 0. The van der Waals surface area contributed by atoms with E-state index in [1.54, 1.807) is 0 Å². The molecule has 1 rings (SSSR count). The molecule has 0 spiro atoms. The van der Waals surface area contributed by atoms with Gasteiger partial charge in [-0.25, -0.2) is 4.68 Å². The minimum Gasteiger partial charge on any atom is -0.396 e. The molecule has 1 aromatic heterocycles. The lowest BCUT2D eigenvalue weighted by atomic mass is 10.2. The van der Waals surface area contributed by atoms with Crippen LogP contribution in [-0.2, 0) is 6.54 Å². The largest absolute Gasteiger partial charge is 0.396 e. The van der Waals surface area contributed by atoms with Gasteiger partial charge in [-0.05, 0) is 26.7 Å². The van der Waals surface area contributed by atoms with Crippen LogP contribution in [-0.4, -0.2) is 26.7 Å². The molecule has 0 aromatic carbocycles. The van der Waals surface area contributed by atoms with Crippen molar-refractivity contribution in [2.45, 2.75) is 39.3 Å². The third kappa shape index (κ3) is 2.30. The van der Waals surface area contributed by atoms with Crippen LogP contribution in [0.3, 0.4) is 0 Å². The standard InChI is InChI=1S/C9H18N4O/c1-7(4-3-5-14)13-8(2)9(6-10)11-12-13/h7,14H,3-6,10H2,1-2H3. The molecule has 1 aromatic rings. The number of hydrogen-bond donors (Lipinski definition) is 2. The monoisotopic (exact) mass is 198 g/mol. The lowest BCUT2D eigenvalue weighted by Crippen LogP contribution is -2.10. The number of nitrogens with two attached hydrogens (primary N) is 1. The van der Waals surface area contributed by atoms with Gasteiger partial charge in [-0.3, -0.25) is 0 Å². The second-order valence-electron chi connectivity index (χ2n) is 3.49. The normalized spacial score (nSPS) is 13.1. The summed E-state index contributed by atoms with van der Waals surface area (Å²) in [6, 6.07) is 0.273. The fourth-order valence-corrected chi connectivity index (χ4v) is 1.49. The molecule has 1 heterocycles. The van der Waals surface area contributed by atoms with Crippen LogP contribution < -0.4 is 5.73 Å². The Hall–Kier alpha value is -0.940. The number of rotatable bonds is 5. The Morgan fingerprint density at radius 1 is 1.57 bits per heavy atom. The van der Waals surface area contributed by atoms with Crippen molar-refractivity contribution in [3.8, 4) is 0 Å². The average molecular weight is 198 g/mol. The Morgan fingerprint density at radius 2 is 2.29 bits per heavy atom. The van der Waals surface area contributed by atoms with E-state index >= 15 is 0 Å². The zero-order chi connectivity index (χ0) is 10.6. The molecule has 0 aliphatic rings. The van der Waals surface area contributed by atoms with Gasteiger partial charge in [-0.2, -0.15) is 0 Å². The van der Waals surface area contributed by atoms with E-state index in [0.717, 1.165) is 24.2 Å². The first-order valence-corrected chi connectivity index (χ1v) is 4.92. The summed E-state index contributed by atoms with van der Waals surface area (Å²) >= 11 is 0. The molecule has 0 fully saturated rings. The van der Waals surface area contributed by atoms with Gasteiger partial charge in [0.1, 0.15) is 0 Å². The number of aliphatic hydroxyl groups is 1. The van der Waals surface area contributed by atoms with Crippen LogP contribution in [0.15, 0.2) is 0 Å². The molecular formula is C9H18N4O. The van der Waals surface area contributed by atoms with Crippen LogP contribution in [0.4, 0.5) is 0 Å². The summed E-state index contributed by atoms with van der Waals surface area (Å²) in [5.74, 6) is 0. The lowest BCUT2D eigenvalue weighted by molar-refractivity contribution is 0.270. The molecule has 0 saturated carbocycles. The van der Waals surface area contributed by atoms with Gasteiger partial charge < -0.3 is 10.8 Å². The third-order valence-electron chi connectivity index (χ3n) is 2.41. The van der Waals surface area contributed by atoms with E-state index < -0.39 is 0 Å². The highest BCUT2D eigenvalue weighted by Gasteiger charge is 2.11. The van der Waals surface area contributed by atoms with Crippen LogP contribution in [0.2, 0.25) is 0 Å². The van der Waals surface area contributed by atoms with Crippen LogP contribution in [0.1, 0.15) is 37.2 Å². The molecule has 14 heavy (non-hydrogen) atoms. The van der Waals surface area contributed by atoms with E-state index in [1.807, 2.05) is 11.6 Å². The molecule has 1 unspecified atom stereocenters. The van der Waals surface area contributed by atoms with E-state index in [1.165, 1.54) is 0 Å². The van der Waals surface area contributed by atoms with Gasteiger partial charge in [0.25, 0.3) is 0 Å². The number of aliphatic hydroxyl groups excluding tert-OH is 1. The Bertz CT molecular complexity index is 284. The van der Waals surface area contributed by atoms with Crippen molar-refractivity contribution in [1.29, 1.82) is 0 Å². The molecule has 0 bridgehead atoms. The Morgan fingerprint density at radius 3 is 2.79 bits per heavy atom. The Kier molecular flexibility index (Phi) is 4.03. The fraction of sp³-hybridized carbons (Fsp3) is 0.778. The molecule has 0 aliphatic heterocycles. The Balaban J connectivity index is 2.69. The summed E-state index contributed by atoms with van der Waals surface area (Å²) in [6.45, 7) is 4.69. The van der Waals surface area contributed by atoms with Gasteiger partial charge in [0.2, 0.25) is 0 Å². The van der Waals surface area contributed by atoms with E-state index in [0.29, 0.717) is 6.54 Å². The molecule has 5 nitrogen and oxygen atoms in total. The summed E-state index contributed by atoms with van der Waals surface area (Å²) in [6.07, 6.45) is 1.70. The summed E-state index contributed by atoms with van der Waals surface area (Å²) < 4.78 is 1.87. The third-order valence-corrected chi connectivity index (χ3v) is 2.41. The minimum atomic E-state index is 0.224. The van der Waals surface area contributed by atoms with Gasteiger partial charge in [0, 0.05) is 13.2 Å². The number of hydrogen-bond acceptors (Lipinski definition) is 4. The van der Waals surface area contributed by atoms with Crippen molar-refractivity contribution in [2.75, 3.05) is 6.61 Å². The SMILES string of the molecule is Cc1c(CN)nnn1C(C)CCCO. The second kappa shape index (κ2) is 5.07. The van der Waals surface area contributed by atoms with Crippen molar-refractivity contribution >= 4 is 0 Å². The van der Waals surface area contributed by atoms with Crippen molar-refractivity contribution in [3.05, 3.63) is 11.4 Å². The van der Waals surface area contributed by atoms with Gasteiger partial charge in [0.15, 0.2) is 0 Å². The fourth-order valence-electron chi connectivity index (χ4n) is 1.49. The summed E-state index contributed by atoms with van der Waals surface area (Å²) in [5.41, 5.74) is 7.38. The topological polar surface area (TPSA) is 77.0 Å². The highest BCUT2D eigenvalue weighted by atomic mass is 16.2. The van der Waals surface area contributed by atoms with Crippen molar-refractivity contribution in [2.24, 2.45) is 5.73 Å². The van der Waals surface area contributed by atoms with Crippen LogP contribution in [0, 0.1) is 6.92 Å². The molecule has 0 aliphatic carbocycles. The second-order valence-corrected chi connectivity index (χ2v) is 3.49. The predicted molar refractivity (Wildman–Crippen MR) is 53.7 cm³/mol. The number of nitrogens with zero attached hydrogens (tertiary/aromatic N) is 3. The zero-order valence-corrected chi connectivity index (χ0v) is 8.77. The van der Waals surface area contributed by atoms with E-state index in [-0.39, 0.29) is 12.6 Å². The van der Waals surface area contributed by atoms with Crippen molar-refractivity contribution in [1.82, 2.24) is 15.0 Å². The molecule has 0 radical (unpaired) electrons. The summed E-state index contributed by atoms with van der Waals surface area (Å²) in [4.78, 5) is 0. The molecule has 0 saturated heterocycles. The molecule has 3 N–H and O–H groups in total. The van der Waals surface area contributed by atoms with Gasteiger partial charge in [-0.15, -0.1) is 5.10 Å². The molecule has 0 amide bonds. The lowest BCUT2D eigenvalue weighted by Gasteiger charge is -2.12. The van der Waals surface area contributed by atoms with E-state index in [2.05, 4.69) is 17.2 Å². The minimum absolute atomic E-state index is 0.224. The first-order chi connectivity index (χ1) is 6.70. The number of aromatic nitrogens is 3.